The predicted molar refractivity (Wildman–Crippen MR) is 72.3 cm³/mol. The maximum atomic E-state index is 13.7. The van der Waals surface area contributed by atoms with Gasteiger partial charge in [0.2, 0.25) is 0 Å². The molecule has 18 heavy (non-hydrogen) atoms. The van der Waals surface area contributed by atoms with Gasteiger partial charge >= 0.3 is 0 Å². The van der Waals surface area contributed by atoms with E-state index in [1.165, 1.54) is 32.4 Å². The molecule has 1 N–H and O–H groups in total. The summed E-state index contributed by atoms with van der Waals surface area (Å²) >= 11 is 0. The lowest BCUT2D eigenvalue weighted by Crippen LogP contribution is -2.37. The molecule has 0 saturated carbocycles. The number of rotatable bonds is 2. The molecule has 2 heterocycles. The molecule has 0 amide bonds. The standard InChI is InChI=1S/C15H21FN2/c16-14-3-1-2-4-15(14)18-9-6-12(7-10-18)13-5-8-17-11-13/h1-4,12-13,17H,5-11H2. The third-order valence-corrected chi connectivity index (χ3v) is 4.50. The first-order valence-electron chi connectivity index (χ1n) is 7.05. The van der Waals surface area contributed by atoms with Crippen LogP contribution in [0.4, 0.5) is 10.1 Å². The van der Waals surface area contributed by atoms with E-state index in [1.807, 2.05) is 12.1 Å². The lowest BCUT2D eigenvalue weighted by atomic mass is 9.83. The van der Waals surface area contributed by atoms with Crippen molar-refractivity contribution in [3.8, 4) is 0 Å². The van der Waals surface area contributed by atoms with E-state index in [4.69, 9.17) is 0 Å². The van der Waals surface area contributed by atoms with Gasteiger partial charge < -0.3 is 10.2 Å². The molecule has 1 atom stereocenters. The van der Waals surface area contributed by atoms with E-state index >= 15 is 0 Å². The van der Waals surface area contributed by atoms with Crippen molar-refractivity contribution in [1.82, 2.24) is 5.32 Å². The van der Waals surface area contributed by atoms with E-state index < -0.39 is 0 Å². The van der Waals surface area contributed by atoms with Gasteiger partial charge in [-0.15, -0.1) is 0 Å². The van der Waals surface area contributed by atoms with E-state index in [2.05, 4.69) is 10.2 Å². The number of nitrogens with one attached hydrogen (secondary N) is 1. The van der Waals surface area contributed by atoms with Crippen LogP contribution in [0.5, 0.6) is 0 Å². The number of hydrogen-bond acceptors (Lipinski definition) is 2. The summed E-state index contributed by atoms with van der Waals surface area (Å²) < 4.78 is 13.7. The smallest absolute Gasteiger partial charge is 0.146 e. The van der Waals surface area contributed by atoms with Gasteiger partial charge in [-0.25, -0.2) is 4.39 Å². The highest BCUT2D eigenvalue weighted by Crippen LogP contribution is 2.31. The maximum absolute atomic E-state index is 13.7. The molecule has 0 spiro atoms. The second kappa shape index (κ2) is 5.27. The molecule has 2 saturated heterocycles. The summed E-state index contributed by atoms with van der Waals surface area (Å²) in [5.41, 5.74) is 0.778. The molecule has 2 nitrogen and oxygen atoms in total. The Labute approximate surface area is 108 Å². The molecule has 0 aromatic heterocycles. The molecule has 3 heteroatoms. The summed E-state index contributed by atoms with van der Waals surface area (Å²) in [5.74, 6) is 1.61. The summed E-state index contributed by atoms with van der Waals surface area (Å²) in [6.45, 7) is 4.37. The fourth-order valence-corrected chi connectivity index (χ4v) is 3.40. The molecule has 0 aliphatic carbocycles. The van der Waals surface area contributed by atoms with E-state index in [0.717, 1.165) is 30.6 Å². The molecule has 1 aromatic carbocycles. The first kappa shape index (κ1) is 12.0. The summed E-state index contributed by atoms with van der Waals surface area (Å²) in [6.07, 6.45) is 3.74. The van der Waals surface area contributed by atoms with Gasteiger partial charge in [-0.3, -0.25) is 0 Å². The van der Waals surface area contributed by atoms with Crippen LogP contribution in [-0.4, -0.2) is 26.2 Å². The minimum atomic E-state index is -0.0847. The van der Waals surface area contributed by atoms with Gasteiger partial charge in [-0.05, 0) is 56.3 Å². The van der Waals surface area contributed by atoms with Gasteiger partial charge in [0.05, 0.1) is 5.69 Å². The largest absolute Gasteiger partial charge is 0.369 e. The number of halogens is 1. The SMILES string of the molecule is Fc1ccccc1N1CCC(C2CCNC2)CC1. The highest BCUT2D eigenvalue weighted by Gasteiger charge is 2.28. The fraction of sp³-hybridized carbons (Fsp3) is 0.600. The highest BCUT2D eigenvalue weighted by atomic mass is 19.1. The van der Waals surface area contributed by atoms with E-state index in [9.17, 15) is 4.39 Å². The van der Waals surface area contributed by atoms with Crippen molar-refractivity contribution in [3.63, 3.8) is 0 Å². The predicted octanol–water partition coefficient (Wildman–Crippen LogP) is 2.65. The van der Waals surface area contributed by atoms with Gasteiger partial charge in [0.1, 0.15) is 5.82 Å². The number of benzene rings is 1. The van der Waals surface area contributed by atoms with Crippen LogP contribution in [0.15, 0.2) is 24.3 Å². The van der Waals surface area contributed by atoms with Crippen molar-refractivity contribution in [3.05, 3.63) is 30.1 Å². The van der Waals surface area contributed by atoms with Crippen LogP contribution in [0.1, 0.15) is 19.3 Å². The van der Waals surface area contributed by atoms with Crippen molar-refractivity contribution >= 4 is 5.69 Å². The second-order valence-electron chi connectivity index (χ2n) is 5.53. The van der Waals surface area contributed by atoms with Crippen LogP contribution in [0.25, 0.3) is 0 Å². The van der Waals surface area contributed by atoms with Crippen LogP contribution in [-0.2, 0) is 0 Å². The minimum absolute atomic E-state index is 0.0847. The zero-order valence-corrected chi connectivity index (χ0v) is 10.7. The van der Waals surface area contributed by atoms with Gasteiger partial charge in [0.25, 0.3) is 0 Å². The molecule has 98 valence electrons. The Morgan fingerprint density at radius 2 is 1.83 bits per heavy atom. The number of nitrogens with zero attached hydrogens (tertiary/aromatic N) is 1. The second-order valence-corrected chi connectivity index (χ2v) is 5.53. The molecular weight excluding hydrogens is 227 g/mol. The molecular formula is C15H21FN2. The van der Waals surface area contributed by atoms with Crippen LogP contribution < -0.4 is 10.2 Å². The first-order chi connectivity index (χ1) is 8.84. The minimum Gasteiger partial charge on any atom is -0.369 e. The fourth-order valence-electron chi connectivity index (χ4n) is 3.40. The number of para-hydroxylation sites is 1. The molecule has 1 aromatic rings. The summed E-state index contributed by atoms with van der Waals surface area (Å²) in [6, 6.07) is 7.14. The number of hydrogen-bond donors (Lipinski definition) is 1. The summed E-state index contributed by atoms with van der Waals surface area (Å²) in [4.78, 5) is 2.20. The third-order valence-electron chi connectivity index (χ3n) is 4.50. The Kier molecular flexibility index (Phi) is 3.50. The Bertz CT molecular complexity index is 393. The lowest BCUT2D eigenvalue weighted by Gasteiger charge is -2.36. The van der Waals surface area contributed by atoms with Crippen molar-refractivity contribution in [2.75, 3.05) is 31.1 Å². The van der Waals surface area contributed by atoms with E-state index in [0.29, 0.717) is 0 Å². The molecule has 1 unspecified atom stereocenters. The van der Waals surface area contributed by atoms with E-state index in [-0.39, 0.29) is 5.82 Å². The van der Waals surface area contributed by atoms with Crippen LogP contribution in [0.2, 0.25) is 0 Å². The number of piperidine rings is 1. The van der Waals surface area contributed by atoms with Gasteiger partial charge in [-0.1, -0.05) is 12.1 Å². The van der Waals surface area contributed by atoms with Gasteiger partial charge in [0.15, 0.2) is 0 Å². The zero-order chi connectivity index (χ0) is 12.4. The average molecular weight is 248 g/mol. The van der Waals surface area contributed by atoms with Crippen molar-refractivity contribution in [2.45, 2.75) is 19.3 Å². The van der Waals surface area contributed by atoms with Gasteiger partial charge in [-0.2, -0.15) is 0 Å². The zero-order valence-electron chi connectivity index (χ0n) is 10.7. The Hall–Kier alpha value is -1.09. The van der Waals surface area contributed by atoms with E-state index in [1.54, 1.807) is 12.1 Å². The molecule has 2 aliphatic rings. The molecule has 2 aliphatic heterocycles. The van der Waals surface area contributed by atoms with Crippen molar-refractivity contribution in [2.24, 2.45) is 11.8 Å². The normalized spacial score (nSPS) is 25.6. The number of anilines is 1. The summed E-state index contributed by atoms with van der Waals surface area (Å²) in [7, 11) is 0. The maximum Gasteiger partial charge on any atom is 0.146 e. The quantitative estimate of drug-likeness (QED) is 0.865. The lowest BCUT2D eigenvalue weighted by molar-refractivity contribution is 0.291. The van der Waals surface area contributed by atoms with Gasteiger partial charge in [0, 0.05) is 13.1 Å². The van der Waals surface area contributed by atoms with Crippen molar-refractivity contribution in [1.29, 1.82) is 0 Å². The third kappa shape index (κ3) is 2.37. The van der Waals surface area contributed by atoms with Crippen LogP contribution >= 0.6 is 0 Å². The molecule has 3 rings (SSSR count). The molecule has 2 fully saturated rings. The van der Waals surface area contributed by atoms with Crippen LogP contribution in [0, 0.1) is 17.7 Å². The van der Waals surface area contributed by atoms with Crippen LogP contribution in [0.3, 0.4) is 0 Å². The topological polar surface area (TPSA) is 15.3 Å². The summed E-state index contributed by atoms with van der Waals surface area (Å²) in [5, 5.41) is 3.45. The average Bonchev–Trinajstić information content (AvgIpc) is 2.94. The highest BCUT2D eigenvalue weighted by molar-refractivity contribution is 5.47. The Morgan fingerprint density at radius 3 is 2.50 bits per heavy atom. The Morgan fingerprint density at radius 1 is 1.06 bits per heavy atom. The molecule has 0 radical (unpaired) electrons. The first-order valence-corrected chi connectivity index (χ1v) is 7.05. The Balaban J connectivity index is 1.61. The monoisotopic (exact) mass is 248 g/mol. The molecule has 0 bridgehead atoms. The van der Waals surface area contributed by atoms with Crippen molar-refractivity contribution < 1.29 is 4.39 Å².